The minimum absolute atomic E-state index is 0.0294. The van der Waals surface area contributed by atoms with Gasteiger partial charge in [0.15, 0.2) is 0 Å². The number of nitrogens with zero attached hydrogens (tertiary/aromatic N) is 1. The highest BCUT2D eigenvalue weighted by Gasteiger charge is 2.18. The predicted octanol–water partition coefficient (Wildman–Crippen LogP) is 4.83. The van der Waals surface area contributed by atoms with Crippen molar-refractivity contribution in [1.29, 1.82) is 0 Å². The molecule has 3 rings (SSSR count). The summed E-state index contributed by atoms with van der Waals surface area (Å²) in [4.78, 5) is 14.2. The number of amides is 1. The third-order valence-corrected chi connectivity index (χ3v) is 6.72. The van der Waals surface area contributed by atoms with Crippen LogP contribution in [0.4, 0.5) is 5.69 Å². The lowest BCUT2D eigenvalue weighted by molar-refractivity contribution is 0.0993. The maximum Gasteiger partial charge on any atom is 0.258 e. The minimum Gasteiger partial charge on any atom is -0.311 e. The van der Waals surface area contributed by atoms with Crippen LogP contribution in [-0.4, -0.2) is 24.5 Å². The molecule has 1 heterocycles. The molecule has 1 saturated heterocycles. The molecule has 1 aliphatic heterocycles. The first-order valence-corrected chi connectivity index (χ1v) is 9.52. The summed E-state index contributed by atoms with van der Waals surface area (Å²) in [5, 5.41) is 0. The maximum absolute atomic E-state index is 12.5. The minimum atomic E-state index is 0.0294. The largest absolute Gasteiger partial charge is 0.311 e. The van der Waals surface area contributed by atoms with Gasteiger partial charge in [0.05, 0.1) is 4.58 Å². The Balaban J connectivity index is 1.73. The number of para-hydroxylation sites is 1. The highest BCUT2D eigenvalue weighted by atomic mass is 32.2. The molecule has 4 heteroatoms. The summed E-state index contributed by atoms with van der Waals surface area (Å²) in [5.41, 5.74) is 2.96. The van der Waals surface area contributed by atoms with Gasteiger partial charge >= 0.3 is 0 Å². The molecule has 0 unspecified atom stereocenters. The van der Waals surface area contributed by atoms with Crippen molar-refractivity contribution in [3.05, 3.63) is 65.7 Å². The van der Waals surface area contributed by atoms with Crippen molar-refractivity contribution >= 4 is 35.1 Å². The highest BCUT2D eigenvalue weighted by molar-refractivity contribution is 8.16. The second kappa shape index (κ2) is 7.25. The standard InChI is InChI=1S/C18H19NOS2/c1-19(16-6-3-2-4-7-16)17(20)14-8-10-15(11-9-14)18-21-12-5-13-22-18/h2-4,6-11,18H,5,12-13H2,1H3. The molecule has 1 fully saturated rings. The average molecular weight is 329 g/mol. The number of carbonyl (C=O) groups excluding carboxylic acids is 1. The Hall–Kier alpha value is -1.39. The van der Waals surface area contributed by atoms with Crippen LogP contribution in [-0.2, 0) is 0 Å². The van der Waals surface area contributed by atoms with Crippen LogP contribution in [0.2, 0.25) is 0 Å². The summed E-state index contributed by atoms with van der Waals surface area (Å²) in [5.74, 6) is 2.49. The number of thioether (sulfide) groups is 2. The van der Waals surface area contributed by atoms with Gasteiger partial charge in [0.2, 0.25) is 0 Å². The van der Waals surface area contributed by atoms with E-state index in [4.69, 9.17) is 0 Å². The van der Waals surface area contributed by atoms with Crippen molar-refractivity contribution in [3.8, 4) is 0 Å². The Bertz CT molecular complexity index is 621. The summed E-state index contributed by atoms with van der Waals surface area (Å²) in [6.07, 6.45) is 1.30. The highest BCUT2D eigenvalue weighted by Crippen LogP contribution is 2.43. The van der Waals surface area contributed by atoms with Crippen molar-refractivity contribution in [2.45, 2.75) is 11.0 Å². The number of hydrogen-bond donors (Lipinski definition) is 0. The number of carbonyl (C=O) groups is 1. The van der Waals surface area contributed by atoms with Gasteiger partial charge in [-0.2, -0.15) is 0 Å². The van der Waals surface area contributed by atoms with Gasteiger partial charge in [0, 0.05) is 18.3 Å². The lowest BCUT2D eigenvalue weighted by atomic mass is 10.1. The third kappa shape index (κ3) is 3.50. The zero-order chi connectivity index (χ0) is 15.4. The molecule has 1 amide bonds. The SMILES string of the molecule is CN(C(=O)c1ccc(C2SCCCS2)cc1)c1ccccc1. The fourth-order valence-corrected chi connectivity index (χ4v) is 5.32. The molecule has 0 radical (unpaired) electrons. The van der Waals surface area contributed by atoms with E-state index < -0.39 is 0 Å². The van der Waals surface area contributed by atoms with E-state index in [1.807, 2.05) is 73.0 Å². The molecule has 0 N–H and O–H groups in total. The van der Waals surface area contributed by atoms with Gasteiger partial charge in [-0.1, -0.05) is 30.3 Å². The van der Waals surface area contributed by atoms with Crippen molar-refractivity contribution < 1.29 is 4.79 Å². The molecular formula is C18H19NOS2. The van der Waals surface area contributed by atoms with Gasteiger partial charge in [-0.05, 0) is 47.8 Å². The van der Waals surface area contributed by atoms with Crippen molar-refractivity contribution in [1.82, 2.24) is 0 Å². The second-order valence-corrected chi connectivity index (χ2v) is 7.97. The van der Waals surface area contributed by atoms with Crippen LogP contribution in [0, 0.1) is 0 Å². The summed E-state index contributed by atoms with van der Waals surface area (Å²) in [7, 11) is 1.82. The van der Waals surface area contributed by atoms with E-state index >= 15 is 0 Å². The smallest absolute Gasteiger partial charge is 0.258 e. The summed E-state index contributed by atoms with van der Waals surface area (Å²) in [6, 6.07) is 17.8. The Morgan fingerprint density at radius 3 is 2.27 bits per heavy atom. The number of anilines is 1. The molecule has 2 aromatic carbocycles. The Morgan fingerprint density at radius 1 is 1.00 bits per heavy atom. The first-order chi connectivity index (χ1) is 10.8. The molecule has 0 aliphatic carbocycles. The first kappa shape index (κ1) is 15.5. The zero-order valence-electron chi connectivity index (χ0n) is 12.6. The number of rotatable bonds is 3. The van der Waals surface area contributed by atoms with E-state index in [1.165, 1.54) is 23.5 Å². The predicted molar refractivity (Wildman–Crippen MR) is 97.9 cm³/mol. The fourth-order valence-electron chi connectivity index (χ4n) is 2.43. The quantitative estimate of drug-likeness (QED) is 0.804. The molecular weight excluding hydrogens is 310 g/mol. The van der Waals surface area contributed by atoms with Gasteiger partial charge in [-0.15, -0.1) is 23.5 Å². The van der Waals surface area contributed by atoms with Gasteiger partial charge in [0.1, 0.15) is 0 Å². The van der Waals surface area contributed by atoms with Crippen molar-refractivity contribution in [2.75, 3.05) is 23.5 Å². The Labute approximate surface area is 140 Å². The van der Waals surface area contributed by atoms with Crippen LogP contribution in [0.25, 0.3) is 0 Å². The van der Waals surface area contributed by atoms with E-state index in [0.29, 0.717) is 4.58 Å². The van der Waals surface area contributed by atoms with E-state index in [0.717, 1.165) is 11.3 Å². The van der Waals surface area contributed by atoms with Crippen LogP contribution in [0.3, 0.4) is 0 Å². The molecule has 114 valence electrons. The van der Waals surface area contributed by atoms with Crippen LogP contribution >= 0.6 is 23.5 Å². The van der Waals surface area contributed by atoms with Gasteiger partial charge in [-0.25, -0.2) is 0 Å². The molecule has 2 aromatic rings. The third-order valence-electron chi connectivity index (χ3n) is 3.71. The van der Waals surface area contributed by atoms with E-state index in [2.05, 4.69) is 12.1 Å². The van der Waals surface area contributed by atoms with E-state index in [1.54, 1.807) is 4.90 Å². The monoisotopic (exact) mass is 329 g/mol. The van der Waals surface area contributed by atoms with Gasteiger partial charge in [0.25, 0.3) is 5.91 Å². The molecule has 0 aromatic heterocycles. The molecule has 0 bridgehead atoms. The van der Waals surface area contributed by atoms with Crippen LogP contribution in [0.5, 0.6) is 0 Å². The lowest BCUT2D eigenvalue weighted by Crippen LogP contribution is -2.26. The van der Waals surface area contributed by atoms with Crippen molar-refractivity contribution in [3.63, 3.8) is 0 Å². The van der Waals surface area contributed by atoms with Crippen LogP contribution < -0.4 is 4.90 Å². The maximum atomic E-state index is 12.5. The van der Waals surface area contributed by atoms with Crippen LogP contribution in [0.1, 0.15) is 26.9 Å². The van der Waals surface area contributed by atoms with Gasteiger partial charge < -0.3 is 4.90 Å². The van der Waals surface area contributed by atoms with E-state index in [9.17, 15) is 4.79 Å². The molecule has 0 spiro atoms. The summed E-state index contributed by atoms with van der Waals surface area (Å²) >= 11 is 4.00. The summed E-state index contributed by atoms with van der Waals surface area (Å²) < 4.78 is 0.518. The number of hydrogen-bond acceptors (Lipinski definition) is 3. The molecule has 2 nitrogen and oxygen atoms in total. The molecule has 0 saturated carbocycles. The summed E-state index contributed by atoms with van der Waals surface area (Å²) in [6.45, 7) is 0. The average Bonchev–Trinajstić information content (AvgIpc) is 2.62. The van der Waals surface area contributed by atoms with E-state index in [-0.39, 0.29) is 5.91 Å². The second-order valence-electron chi connectivity index (χ2n) is 5.25. The van der Waals surface area contributed by atoms with Crippen molar-refractivity contribution in [2.24, 2.45) is 0 Å². The molecule has 1 aliphatic rings. The van der Waals surface area contributed by atoms with Gasteiger partial charge in [-0.3, -0.25) is 4.79 Å². The topological polar surface area (TPSA) is 20.3 Å². The van der Waals surface area contributed by atoms with Crippen LogP contribution in [0.15, 0.2) is 54.6 Å². The Morgan fingerprint density at radius 2 is 1.64 bits per heavy atom. The normalized spacial score (nSPS) is 15.5. The zero-order valence-corrected chi connectivity index (χ0v) is 14.2. The Kier molecular flexibility index (Phi) is 5.11. The first-order valence-electron chi connectivity index (χ1n) is 7.42. The molecule has 0 atom stereocenters. The molecule has 22 heavy (non-hydrogen) atoms. The number of benzene rings is 2. The fraction of sp³-hybridized carbons (Fsp3) is 0.278. The lowest BCUT2D eigenvalue weighted by Gasteiger charge is -2.22.